The molecule has 120 valence electrons. The van der Waals surface area contributed by atoms with Crippen LogP contribution in [0, 0.1) is 13.8 Å². The van der Waals surface area contributed by atoms with E-state index >= 15 is 0 Å². The molecular formula is C18H18N6. The van der Waals surface area contributed by atoms with Crippen molar-refractivity contribution in [3.8, 4) is 22.8 Å². The van der Waals surface area contributed by atoms with E-state index in [9.17, 15) is 0 Å². The van der Waals surface area contributed by atoms with Crippen molar-refractivity contribution >= 4 is 10.9 Å². The third-order valence-corrected chi connectivity index (χ3v) is 4.21. The van der Waals surface area contributed by atoms with Crippen LogP contribution >= 0.6 is 0 Å². The summed E-state index contributed by atoms with van der Waals surface area (Å²) in [6, 6.07) is 8.23. The molecule has 3 heterocycles. The predicted molar refractivity (Wildman–Crippen MR) is 93.6 cm³/mol. The van der Waals surface area contributed by atoms with Crippen LogP contribution in [0.2, 0.25) is 0 Å². The van der Waals surface area contributed by atoms with E-state index in [-0.39, 0.29) is 0 Å². The number of aromatic amines is 2. The molecule has 6 nitrogen and oxygen atoms in total. The molecule has 0 aliphatic rings. The largest absolute Gasteiger partial charge is 0.348 e. The smallest absolute Gasteiger partial charge is 0.181 e. The number of nitrogens with zero attached hydrogens (tertiary/aromatic N) is 4. The fourth-order valence-electron chi connectivity index (χ4n) is 2.86. The molecule has 0 amide bonds. The molecule has 24 heavy (non-hydrogen) atoms. The van der Waals surface area contributed by atoms with Gasteiger partial charge < -0.3 is 4.98 Å². The molecule has 4 aromatic rings. The molecular weight excluding hydrogens is 300 g/mol. The van der Waals surface area contributed by atoms with Gasteiger partial charge in [-0.2, -0.15) is 5.10 Å². The van der Waals surface area contributed by atoms with Crippen molar-refractivity contribution in [2.75, 3.05) is 0 Å². The quantitative estimate of drug-likeness (QED) is 0.604. The molecule has 0 unspecified atom stereocenters. The zero-order valence-electron chi connectivity index (χ0n) is 13.9. The Bertz CT molecular complexity index is 1030. The van der Waals surface area contributed by atoms with E-state index in [1.54, 1.807) is 6.33 Å². The maximum atomic E-state index is 4.80. The Morgan fingerprint density at radius 3 is 2.67 bits per heavy atom. The lowest BCUT2D eigenvalue weighted by Gasteiger charge is -2.07. The first-order valence-corrected chi connectivity index (χ1v) is 7.99. The van der Waals surface area contributed by atoms with Gasteiger partial charge in [-0.25, -0.2) is 15.0 Å². The van der Waals surface area contributed by atoms with Gasteiger partial charge in [0.2, 0.25) is 0 Å². The van der Waals surface area contributed by atoms with Gasteiger partial charge in [0.15, 0.2) is 5.82 Å². The zero-order valence-corrected chi connectivity index (χ0v) is 13.9. The summed E-state index contributed by atoms with van der Waals surface area (Å²) < 4.78 is 0. The second-order valence-electron chi connectivity index (χ2n) is 5.89. The standard InChI is InChI=1S/C18H18N6/c1-4-16-22-18(24-23-16)12-5-6-13-10(2)7-15(21-14(13)8-12)17-11(3)19-9-20-17/h5-9H,4H2,1-3H3,(H,19,20)(H,22,23,24). The van der Waals surface area contributed by atoms with Gasteiger partial charge in [-0.05, 0) is 31.5 Å². The van der Waals surface area contributed by atoms with E-state index in [2.05, 4.69) is 44.2 Å². The highest BCUT2D eigenvalue weighted by molar-refractivity contribution is 5.88. The summed E-state index contributed by atoms with van der Waals surface area (Å²) in [4.78, 5) is 16.8. The SMILES string of the molecule is CCc1nc(-c2ccc3c(C)cc(-c4nc[nH]c4C)nc3c2)n[nH]1. The highest BCUT2D eigenvalue weighted by atomic mass is 15.2. The molecule has 4 rings (SSSR count). The van der Waals surface area contributed by atoms with Gasteiger partial charge in [0.05, 0.1) is 17.5 Å². The molecule has 6 heteroatoms. The van der Waals surface area contributed by atoms with E-state index < -0.39 is 0 Å². The molecule has 2 N–H and O–H groups in total. The third-order valence-electron chi connectivity index (χ3n) is 4.21. The fraction of sp³-hybridized carbons (Fsp3) is 0.222. The average Bonchev–Trinajstić information content (AvgIpc) is 3.23. The van der Waals surface area contributed by atoms with Crippen molar-refractivity contribution in [1.29, 1.82) is 0 Å². The van der Waals surface area contributed by atoms with E-state index in [1.165, 1.54) is 5.56 Å². The zero-order chi connectivity index (χ0) is 16.7. The van der Waals surface area contributed by atoms with Crippen molar-refractivity contribution < 1.29 is 0 Å². The summed E-state index contributed by atoms with van der Waals surface area (Å²) in [6.45, 7) is 6.14. The maximum absolute atomic E-state index is 4.80. The minimum atomic E-state index is 0.703. The normalized spacial score (nSPS) is 11.3. The number of fused-ring (bicyclic) bond motifs is 1. The first-order valence-electron chi connectivity index (χ1n) is 7.99. The molecule has 0 fully saturated rings. The molecule has 1 aromatic carbocycles. The van der Waals surface area contributed by atoms with Crippen molar-refractivity contribution in [3.63, 3.8) is 0 Å². The lowest BCUT2D eigenvalue weighted by molar-refractivity contribution is 0.946. The van der Waals surface area contributed by atoms with E-state index in [1.807, 2.05) is 26.0 Å². The van der Waals surface area contributed by atoms with Crippen molar-refractivity contribution in [1.82, 2.24) is 30.1 Å². The van der Waals surface area contributed by atoms with Gasteiger partial charge in [-0.1, -0.05) is 19.1 Å². The van der Waals surface area contributed by atoms with Gasteiger partial charge >= 0.3 is 0 Å². The summed E-state index contributed by atoms with van der Waals surface area (Å²) >= 11 is 0. The number of nitrogens with one attached hydrogen (secondary N) is 2. The van der Waals surface area contributed by atoms with Gasteiger partial charge in [0, 0.05) is 23.1 Å². The minimum absolute atomic E-state index is 0.703. The van der Waals surface area contributed by atoms with Crippen LogP contribution in [0.15, 0.2) is 30.6 Å². The van der Waals surface area contributed by atoms with Crippen LogP contribution in [-0.2, 0) is 6.42 Å². The number of H-pyrrole nitrogens is 2. The van der Waals surface area contributed by atoms with Crippen LogP contribution in [0.5, 0.6) is 0 Å². The minimum Gasteiger partial charge on any atom is -0.348 e. The second-order valence-corrected chi connectivity index (χ2v) is 5.89. The monoisotopic (exact) mass is 318 g/mol. The van der Waals surface area contributed by atoms with Gasteiger partial charge in [0.1, 0.15) is 11.5 Å². The van der Waals surface area contributed by atoms with Crippen molar-refractivity contribution in [3.05, 3.63) is 47.7 Å². The maximum Gasteiger partial charge on any atom is 0.181 e. The van der Waals surface area contributed by atoms with Crippen LogP contribution in [0.3, 0.4) is 0 Å². The topological polar surface area (TPSA) is 83.1 Å². The summed E-state index contributed by atoms with van der Waals surface area (Å²) in [7, 11) is 0. The Labute approximate surface area is 139 Å². The number of hydrogen-bond acceptors (Lipinski definition) is 4. The Kier molecular flexibility index (Phi) is 3.37. The first-order chi connectivity index (χ1) is 11.7. The van der Waals surface area contributed by atoms with Crippen LogP contribution in [0.25, 0.3) is 33.7 Å². The molecule has 0 saturated carbocycles. The van der Waals surface area contributed by atoms with Gasteiger partial charge in [-0.15, -0.1) is 0 Å². The highest BCUT2D eigenvalue weighted by Gasteiger charge is 2.11. The Morgan fingerprint density at radius 1 is 1.08 bits per heavy atom. The lowest BCUT2D eigenvalue weighted by Crippen LogP contribution is -1.92. The van der Waals surface area contributed by atoms with Crippen LogP contribution < -0.4 is 0 Å². The summed E-state index contributed by atoms with van der Waals surface area (Å²) in [5.41, 5.74) is 5.83. The number of aromatic nitrogens is 6. The van der Waals surface area contributed by atoms with Crippen molar-refractivity contribution in [2.24, 2.45) is 0 Å². The Hall–Kier alpha value is -3.02. The van der Waals surface area contributed by atoms with E-state index in [0.717, 1.165) is 45.8 Å². The highest BCUT2D eigenvalue weighted by Crippen LogP contribution is 2.27. The molecule has 0 atom stereocenters. The second kappa shape index (κ2) is 5.56. The number of hydrogen-bond donors (Lipinski definition) is 2. The molecule has 0 radical (unpaired) electrons. The first kappa shape index (κ1) is 14.6. The molecule has 0 aliphatic carbocycles. The van der Waals surface area contributed by atoms with E-state index in [0.29, 0.717) is 5.82 Å². The van der Waals surface area contributed by atoms with Gasteiger partial charge in [0.25, 0.3) is 0 Å². The van der Waals surface area contributed by atoms with Crippen molar-refractivity contribution in [2.45, 2.75) is 27.2 Å². The fourth-order valence-corrected chi connectivity index (χ4v) is 2.86. The summed E-state index contributed by atoms with van der Waals surface area (Å²) in [5.74, 6) is 1.59. The number of imidazole rings is 1. The van der Waals surface area contributed by atoms with E-state index in [4.69, 9.17) is 4.98 Å². The third kappa shape index (κ3) is 2.36. The molecule has 3 aromatic heterocycles. The lowest BCUT2D eigenvalue weighted by atomic mass is 10.0. The molecule has 0 bridgehead atoms. The number of rotatable bonds is 3. The van der Waals surface area contributed by atoms with Gasteiger partial charge in [-0.3, -0.25) is 5.10 Å². The molecule has 0 aliphatic heterocycles. The predicted octanol–water partition coefficient (Wildman–Crippen LogP) is 3.59. The summed E-state index contributed by atoms with van der Waals surface area (Å²) in [5, 5.41) is 8.38. The molecule has 0 saturated heterocycles. The molecule has 0 spiro atoms. The van der Waals surface area contributed by atoms with Crippen LogP contribution in [0.1, 0.15) is 24.0 Å². The Balaban J connectivity index is 1.87. The average molecular weight is 318 g/mol. The number of benzene rings is 1. The number of pyridine rings is 1. The number of aryl methyl sites for hydroxylation is 3. The summed E-state index contributed by atoms with van der Waals surface area (Å²) in [6.07, 6.45) is 2.53. The van der Waals surface area contributed by atoms with Crippen LogP contribution in [0.4, 0.5) is 0 Å². The Morgan fingerprint density at radius 2 is 1.96 bits per heavy atom. The van der Waals surface area contributed by atoms with Crippen LogP contribution in [-0.4, -0.2) is 30.1 Å².